The quantitative estimate of drug-likeness (QED) is 0.830. The Hall–Kier alpha value is -1.89. The normalized spacial score (nSPS) is 11.5. The molecule has 2 rings (SSSR count). The molecule has 0 fully saturated rings. The molecule has 114 valence electrons. The summed E-state index contributed by atoms with van der Waals surface area (Å²) >= 11 is 0. The standard InChI is InChI=1S/C14H18N4O2.ClH/c1-20-9-12(15)14(19)17-8-11-4-2-3-5-13(11)18-7-6-16-10-18;/h2-7,10,12H,8-9,15H2,1H3,(H,17,19);1H. The van der Waals surface area contributed by atoms with Gasteiger partial charge in [-0.25, -0.2) is 4.98 Å². The van der Waals surface area contributed by atoms with Crippen molar-refractivity contribution in [1.29, 1.82) is 0 Å². The molecule has 3 N–H and O–H groups in total. The summed E-state index contributed by atoms with van der Waals surface area (Å²) in [5.41, 5.74) is 7.64. The number of hydrogen-bond acceptors (Lipinski definition) is 4. The summed E-state index contributed by atoms with van der Waals surface area (Å²) < 4.78 is 6.76. The monoisotopic (exact) mass is 310 g/mol. The van der Waals surface area contributed by atoms with Gasteiger partial charge in [0.2, 0.25) is 5.91 Å². The molecule has 1 aromatic carbocycles. The van der Waals surface area contributed by atoms with Gasteiger partial charge in [-0.05, 0) is 11.6 Å². The van der Waals surface area contributed by atoms with Crippen LogP contribution in [0, 0.1) is 0 Å². The number of carbonyl (C=O) groups excluding carboxylic acids is 1. The Morgan fingerprint density at radius 1 is 1.48 bits per heavy atom. The summed E-state index contributed by atoms with van der Waals surface area (Å²) in [6.07, 6.45) is 5.29. The Labute approximate surface area is 129 Å². The van der Waals surface area contributed by atoms with E-state index >= 15 is 0 Å². The van der Waals surface area contributed by atoms with Gasteiger partial charge in [0.1, 0.15) is 6.04 Å². The van der Waals surface area contributed by atoms with Gasteiger partial charge in [-0.2, -0.15) is 0 Å². The molecule has 1 unspecified atom stereocenters. The number of halogens is 1. The van der Waals surface area contributed by atoms with Crippen LogP contribution in [0.1, 0.15) is 5.56 Å². The Balaban J connectivity index is 0.00000220. The van der Waals surface area contributed by atoms with Crippen molar-refractivity contribution in [2.45, 2.75) is 12.6 Å². The fraction of sp³-hybridized carbons (Fsp3) is 0.286. The predicted octanol–water partition coefficient (Wildman–Crippen LogP) is 0.884. The number of methoxy groups -OCH3 is 1. The van der Waals surface area contributed by atoms with E-state index in [9.17, 15) is 4.79 Å². The highest BCUT2D eigenvalue weighted by molar-refractivity contribution is 5.85. The largest absolute Gasteiger partial charge is 0.383 e. The molecule has 21 heavy (non-hydrogen) atoms. The molecule has 1 aromatic heterocycles. The molecular weight excluding hydrogens is 292 g/mol. The molecule has 6 nitrogen and oxygen atoms in total. The van der Waals surface area contributed by atoms with Gasteiger partial charge in [0.25, 0.3) is 0 Å². The maximum Gasteiger partial charge on any atom is 0.239 e. The molecule has 0 saturated heterocycles. The van der Waals surface area contributed by atoms with Gasteiger partial charge < -0.3 is 20.4 Å². The zero-order valence-electron chi connectivity index (χ0n) is 11.7. The van der Waals surface area contributed by atoms with Gasteiger partial charge in [0.15, 0.2) is 0 Å². The maximum absolute atomic E-state index is 11.8. The molecule has 1 amide bonds. The van der Waals surface area contributed by atoms with Crippen molar-refractivity contribution in [1.82, 2.24) is 14.9 Å². The second kappa shape index (κ2) is 8.41. The summed E-state index contributed by atoms with van der Waals surface area (Å²) in [7, 11) is 1.52. The van der Waals surface area contributed by atoms with Crippen molar-refractivity contribution >= 4 is 18.3 Å². The van der Waals surface area contributed by atoms with Crippen molar-refractivity contribution in [2.24, 2.45) is 5.73 Å². The summed E-state index contributed by atoms with van der Waals surface area (Å²) in [5, 5.41) is 2.81. The van der Waals surface area contributed by atoms with E-state index < -0.39 is 6.04 Å². The van der Waals surface area contributed by atoms with E-state index in [-0.39, 0.29) is 24.9 Å². The van der Waals surface area contributed by atoms with Crippen LogP contribution in [0.3, 0.4) is 0 Å². The van der Waals surface area contributed by atoms with Crippen molar-refractivity contribution in [3.05, 3.63) is 48.5 Å². The predicted molar refractivity (Wildman–Crippen MR) is 82.5 cm³/mol. The number of nitrogens with two attached hydrogens (primary N) is 1. The first kappa shape index (κ1) is 17.2. The molecule has 0 bridgehead atoms. The van der Waals surface area contributed by atoms with E-state index in [0.717, 1.165) is 11.3 Å². The Morgan fingerprint density at radius 2 is 2.24 bits per heavy atom. The van der Waals surface area contributed by atoms with E-state index in [0.29, 0.717) is 6.54 Å². The average Bonchev–Trinajstić information content (AvgIpc) is 2.99. The zero-order chi connectivity index (χ0) is 14.4. The lowest BCUT2D eigenvalue weighted by Gasteiger charge is -2.14. The van der Waals surface area contributed by atoms with Crippen molar-refractivity contribution < 1.29 is 9.53 Å². The Bertz CT molecular complexity index is 560. The first-order valence-corrected chi connectivity index (χ1v) is 6.31. The van der Waals surface area contributed by atoms with Crippen LogP contribution >= 0.6 is 12.4 Å². The third-order valence-corrected chi connectivity index (χ3v) is 2.91. The van der Waals surface area contributed by atoms with Crippen LogP contribution in [0.2, 0.25) is 0 Å². The molecule has 0 aliphatic carbocycles. The summed E-state index contributed by atoms with van der Waals surface area (Å²) in [6, 6.07) is 7.14. The molecule has 0 saturated carbocycles. The lowest BCUT2D eigenvalue weighted by molar-refractivity contribution is -0.123. The van der Waals surface area contributed by atoms with Gasteiger partial charge in [-0.1, -0.05) is 18.2 Å². The lowest BCUT2D eigenvalue weighted by atomic mass is 10.1. The van der Waals surface area contributed by atoms with E-state index in [1.807, 2.05) is 35.0 Å². The van der Waals surface area contributed by atoms with Crippen LogP contribution in [0.4, 0.5) is 0 Å². The van der Waals surface area contributed by atoms with Crippen LogP contribution in [-0.4, -0.2) is 35.2 Å². The third-order valence-electron chi connectivity index (χ3n) is 2.91. The highest BCUT2D eigenvalue weighted by Gasteiger charge is 2.13. The van der Waals surface area contributed by atoms with Gasteiger partial charge >= 0.3 is 0 Å². The van der Waals surface area contributed by atoms with Crippen LogP contribution in [0.25, 0.3) is 5.69 Å². The third kappa shape index (κ3) is 4.56. The van der Waals surface area contributed by atoms with Crippen LogP contribution in [0.15, 0.2) is 43.0 Å². The lowest BCUT2D eigenvalue weighted by Crippen LogP contribution is -2.43. The van der Waals surface area contributed by atoms with Crippen molar-refractivity contribution in [3.63, 3.8) is 0 Å². The van der Waals surface area contributed by atoms with Gasteiger partial charge in [0.05, 0.1) is 18.6 Å². The summed E-state index contributed by atoms with van der Waals surface area (Å²) in [6.45, 7) is 0.611. The number of benzene rings is 1. The average molecular weight is 311 g/mol. The molecule has 0 aliphatic heterocycles. The number of hydrogen-bond donors (Lipinski definition) is 2. The maximum atomic E-state index is 11.8. The number of aromatic nitrogens is 2. The number of imidazole rings is 1. The second-order valence-electron chi connectivity index (χ2n) is 4.38. The Kier molecular flexibility index (Phi) is 6.87. The van der Waals surface area contributed by atoms with Crippen LogP contribution < -0.4 is 11.1 Å². The molecule has 7 heteroatoms. The van der Waals surface area contributed by atoms with Crippen LogP contribution in [-0.2, 0) is 16.1 Å². The minimum atomic E-state index is -0.652. The summed E-state index contributed by atoms with van der Waals surface area (Å²) in [4.78, 5) is 15.8. The van der Waals surface area contributed by atoms with Gasteiger partial charge in [-0.3, -0.25) is 4.79 Å². The smallest absolute Gasteiger partial charge is 0.239 e. The SMILES string of the molecule is COCC(N)C(=O)NCc1ccccc1-n1ccnc1.Cl. The number of carbonyl (C=O) groups is 1. The first-order chi connectivity index (χ1) is 9.72. The Morgan fingerprint density at radius 3 is 2.90 bits per heavy atom. The number of amides is 1. The molecule has 1 atom stereocenters. The molecule has 0 radical (unpaired) electrons. The van der Waals surface area contributed by atoms with Gasteiger partial charge in [-0.15, -0.1) is 12.4 Å². The molecule has 2 aromatic rings. The van der Waals surface area contributed by atoms with E-state index in [1.165, 1.54) is 7.11 Å². The molecule has 0 aliphatic rings. The number of nitrogens with one attached hydrogen (secondary N) is 1. The minimum absolute atomic E-state index is 0. The van der Waals surface area contributed by atoms with E-state index in [1.54, 1.807) is 12.5 Å². The highest BCUT2D eigenvalue weighted by Crippen LogP contribution is 2.13. The topological polar surface area (TPSA) is 82.2 Å². The second-order valence-corrected chi connectivity index (χ2v) is 4.38. The van der Waals surface area contributed by atoms with Gasteiger partial charge in [0, 0.05) is 26.0 Å². The zero-order valence-corrected chi connectivity index (χ0v) is 12.5. The first-order valence-electron chi connectivity index (χ1n) is 6.31. The minimum Gasteiger partial charge on any atom is -0.383 e. The fourth-order valence-corrected chi connectivity index (χ4v) is 1.88. The highest BCUT2D eigenvalue weighted by atomic mass is 35.5. The van der Waals surface area contributed by atoms with Crippen molar-refractivity contribution in [3.8, 4) is 5.69 Å². The molecule has 0 spiro atoms. The van der Waals surface area contributed by atoms with Crippen molar-refractivity contribution in [2.75, 3.05) is 13.7 Å². The number of para-hydroxylation sites is 1. The number of nitrogens with zero attached hydrogens (tertiary/aromatic N) is 2. The number of rotatable bonds is 6. The summed E-state index contributed by atoms with van der Waals surface area (Å²) in [5.74, 6) is -0.229. The van der Waals surface area contributed by atoms with E-state index in [4.69, 9.17) is 10.5 Å². The molecular formula is C14H19ClN4O2. The molecule has 1 heterocycles. The fourth-order valence-electron chi connectivity index (χ4n) is 1.88. The van der Waals surface area contributed by atoms with Crippen LogP contribution in [0.5, 0.6) is 0 Å². The number of ether oxygens (including phenoxy) is 1. The van der Waals surface area contributed by atoms with E-state index in [2.05, 4.69) is 10.3 Å².